The van der Waals surface area contributed by atoms with Gasteiger partial charge in [0.15, 0.2) is 5.65 Å². The van der Waals surface area contributed by atoms with Crippen molar-refractivity contribution in [1.82, 2.24) is 19.1 Å². The van der Waals surface area contributed by atoms with Crippen molar-refractivity contribution in [1.29, 1.82) is 0 Å². The summed E-state index contributed by atoms with van der Waals surface area (Å²) >= 11 is 0. The van der Waals surface area contributed by atoms with Crippen LogP contribution in [0.5, 0.6) is 0 Å². The van der Waals surface area contributed by atoms with Gasteiger partial charge in [0.1, 0.15) is 17.2 Å². The van der Waals surface area contributed by atoms with E-state index in [1.807, 2.05) is 12.1 Å². The third-order valence-corrected chi connectivity index (χ3v) is 7.23. The number of nitrogens with one attached hydrogen (secondary N) is 2. The highest BCUT2D eigenvalue weighted by atomic mass is 19.1. The lowest BCUT2D eigenvalue weighted by molar-refractivity contribution is -0.114. The summed E-state index contributed by atoms with van der Waals surface area (Å²) in [6.45, 7) is 0.870. The Morgan fingerprint density at radius 3 is 2.47 bits per heavy atom. The SMILES string of the molecule is CC(=O)Nc1ccc(Cc2nc3c([nH]2)c(=O)n(Cc2ccccc2F)c(=O)n3C[C@@H]2CC2(CO)CO)cc1. The topological polar surface area (TPSA) is 142 Å². The lowest BCUT2D eigenvalue weighted by Gasteiger charge is -2.14. The monoisotopic (exact) mass is 521 g/mol. The highest BCUT2D eigenvalue weighted by molar-refractivity contribution is 5.88. The Bertz CT molecular complexity index is 1620. The smallest absolute Gasteiger partial charge is 0.333 e. The van der Waals surface area contributed by atoms with Crippen molar-refractivity contribution in [2.24, 2.45) is 11.3 Å². The molecule has 0 saturated heterocycles. The summed E-state index contributed by atoms with van der Waals surface area (Å²) in [6.07, 6.45) is 0.856. The summed E-state index contributed by atoms with van der Waals surface area (Å²) in [5.74, 6) is -0.436. The van der Waals surface area contributed by atoms with Crippen LogP contribution >= 0.6 is 0 Å². The first-order valence-electron chi connectivity index (χ1n) is 12.3. The largest absolute Gasteiger partial charge is 0.396 e. The lowest BCUT2D eigenvalue weighted by atomic mass is 10.1. The summed E-state index contributed by atoms with van der Waals surface area (Å²) in [7, 11) is 0. The van der Waals surface area contributed by atoms with Gasteiger partial charge in [-0.3, -0.25) is 18.7 Å². The number of carbonyl (C=O) groups is 1. The van der Waals surface area contributed by atoms with Crippen molar-refractivity contribution >= 4 is 22.8 Å². The number of imidazole rings is 1. The minimum absolute atomic E-state index is 0.116. The Kier molecular flexibility index (Phi) is 6.72. The van der Waals surface area contributed by atoms with Crippen molar-refractivity contribution < 1.29 is 19.4 Å². The Morgan fingerprint density at radius 1 is 1.13 bits per heavy atom. The number of carbonyl (C=O) groups excluding carboxylic acids is 1. The fourth-order valence-electron chi connectivity index (χ4n) is 4.85. The predicted molar refractivity (Wildman–Crippen MR) is 138 cm³/mol. The minimum Gasteiger partial charge on any atom is -0.396 e. The molecule has 2 aromatic heterocycles. The van der Waals surface area contributed by atoms with Gasteiger partial charge in [-0.15, -0.1) is 0 Å². The van der Waals surface area contributed by atoms with E-state index in [4.69, 9.17) is 0 Å². The Balaban J connectivity index is 1.56. The molecule has 1 amide bonds. The van der Waals surface area contributed by atoms with Crippen LogP contribution < -0.4 is 16.6 Å². The number of benzene rings is 2. The van der Waals surface area contributed by atoms with Gasteiger partial charge < -0.3 is 20.5 Å². The van der Waals surface area contributed by atoms with E-state index < -0.39 is 22.5 Å². The molecule has 2 aromatic carbocycles. The molecule has 4 aromatic rings. The quantitative estimate of drug-likeness (QED) is 0.264. The van der Waals surface area contributed by atoms with E-state index in [0.717, 1.165) is 10.1 Å². The molecule has 0 unspecified atom stereocenters. The van der Waals surface area contributed by atoms with Crippen LogP contribution in [0, 0.1) is 17.2 Å². The maximum Gasteiger partial charge on any atom is 0.333 e. The van der Waals surface area contributed by atoms with Gasteiger partial charge in [-0.2, -0.15) is 0 Å². The number of aromatic nitrogens is 4. The number of rotatable bonds is 9. The second-order valence-corrected chi connectivity index (χ2v) is 9.89. The van der Waals surface area contributed by atoms with Crippen LogP contribution in [0.2, 0.25) is 0 Å². The van der Waals surface area contributed by atoms with Crippen LogP contribution in [0.1, 0.15) is 30.3 Å². The molecule has 0 radical (unpaired) electrons. The molecule has 1 fully saturated rings. The highest BCUT2D eigenvalue weighted by Gasteiger charge is 2.53. The zero-order valence-corrected chi connectivity index (χ0v) is 20.8. The molecule has 1 aliphatic rings. The molecule has 1 atom stereocenters. The van der Waals surface area contributed by atoms with Gasteiger partial charge in [-0.1, -0.05) is 30.3 Å². The minimum atomic E-state index is -0.687. The van der Waals surface area contributed by atoms with Crippen LogP contribution in [0.15, 0.2) is 58.1 Å². The fourth-order valence-corrected chi connectivity index (χ4v) is 4.85. The average molecular weight is 522 g/mol. The van der Waals surface area contributed by atoms with E-state index in [9.17, 15) is 29.0 Å². The van der Waals surface area contributed by atoms with Gasteiger partial charge in [0.2, 0.25) is 5.91 Å². The van der Waals surface area contributed by atoms with E-state index in [1.165, 1.54) is 29.7 Å². The van der Waals surface area contributed by atoms with E-state index >= 15 is 0 Å². The van der Waals surface area contributed by atoms with Crippen LogP contribution in [0.3, 0.4) is 0 Å². The number of anilines is 1. The Hall–Kier alpha value is -4.09. The van der Waals surface area contributed by atoms with Crippen molar-refractivity contribution in [3.8, 4) is 0 Å². The van der Waals surface area contributed by atoms with E-state index in [1.54, 1.807) is 18.2 Å². The van der Waals surface area contributed by atoms with Gasteiger partial charge >= 0.3 is 5.69 Å². The maximum absolute atomic E-state index is 14.4. The third-order valence-electron chi connectivity index (χ3n) is 7.23. The first-order chi connectivity index (χ1) is 18.2. The number of aromatic amines is 1. The Morgan fingerprint density at radius 2 is 1.84 bits per heavy atom. The standard InChI is InChI=1S/C27H28FN5O5/c1-16(36)29-20-8-6-17(7-9-20)10-22-30-23-24(31-22)32(13-19-11-27(19,14-34)15-35)26(38)33(25(23)37)12-18-4-2-3-5-21(18)28/h2-9,19,34-35H,10-15H2,1H3,(H,29,36)(H,30,31)/t19-/m0/s1. The molecular formula is C27H28FN5O5. The molecular weight excluding hydrogens is 493 g/mol. The number of hydrogen-bond donors (Lipinski definition) is 4. The normalized spacial score (nSPS) is 16.1. The summed E-state index contributed by atoms with van der Waals surface area (Å²) < 4.78 is 16.7. The molecule has 10 nitrogen and oxygen atoms in total. The number of amides is 1. The van der Waals surface area contributed by atoms with Crippen molar-refractivity contribution in [2.45, 2.75) is 32.9 Å². The van der Waals surface area contributed by atoms with E-state index in [2.05, 4.69) is 15.3 Å². The molecule has 0 bridgehead atoms. The van der Waals surface area contributed by atoms with Gasteiger partial charge in [-0.05, 0) is 36.1 Å². The van der Waals surface area contributed by atoms with Gasteiger partial charge in [0.05, 0.1) is 19.8 Å². The Labute approximate surface area is 216 Å². The fraction of sp³-hybridized carbons (Fsp3) is 0.333. The third kappa shape index (κ3) is 4.77. The number of aliphatic hydroxyl groups is 2. The summed E-state index contributed by atoms with van der Waals surface area (Å²) in [6, 6.07) is 13.1. The van der Waals surface area contributed by atoms with E-state index in [-0.39, 0.29) is 54.9 Å². The second kappa shape index (κ2) is 9.99. The molecule has 11 heteroatoms. The van der Waals surface area contributed by atoms with Gasteiger partial charge in [0, 0.05) is 36.6 Å². The zero-order valence-electron chi connectivity index (χ0n) is 20.8. The summed E-state index contributed by atoms with van der Waals surface area (Å²) in [5.41, 5.74) is 0.0553. The van der Waals surface area contributed by atoms with Crippen LogP contribution in [0.4, 0.5) is 10.1 Å². The first-order valence-corrected chi connectivity index (χ1v) is 12.3. The molecule has 1 aliphatic carbocycles. The van der Waals surface area contributed by atoms with Gasteiger partial charge in [-0.25, -0.2) is 14.2 Å². The summed E-state index contributed by atoms with van der Waals surface area (Å²) in [4.78, 5) is 45.8. The molecule has 4 N–H and O–H groups in total. The molecule has 2 heterocycles. The second-order valence-electron chi connectivity index (χ2n) is 9.89. The number of H-pyrrole nitrogens is 1. The highest BCUT2D eigenvalue weighted by Crippen LogP contribution is 2.52. The number of nitrogens with zero attached hydrogens (tertiary/aromatic N) is 3. The van der Waals surface area contributed by atoms with Crippen molar-refractivity contribution in [2.75, 3.05) is 18.5 Å². The molecule has 1 saturated carbocycles. The lowest BCUT2D eigenvalue weighted by Crippen LogP contribution is -2.41. The molecule has 38 heavy (non-hydrogen) atoms. The average Bonchev–Trinajstić information content (AvgIpc) is 3.45. The van der Waals surface area contributed by atoms with Crippen LogP contribution in [-0.4, -0.2) is 48.4 Å². The number of aliphatic hydroxyl groups excluding tert-OH is 2. The maximum atomic E-state index is 14.4. The molecule has 198 valence electrons. The van der Waals surface area contributed by atoms with Gasteiger partial charge in [0.25, 0.3) is 5.56 Å². The van der Waals surface area contributed by atoms with Crippen molar-refractivity contribution in [3.05, 3.63) is 92.1 Å². The number of fused-ring (bicyclic) bond motifs is 1. The molecule has 0 spiro atoms. The predicted octanol–water partition coefficient (Wildman–Crippen LogP) is 1.61. The number of hydrogen-bond acceptors (Lipinski definition) is 6. The molecule has 0 aliphatic heterocycles. The van der Waals surface area contributed by atoms with Crippen molar-refractivity contribution in [3.63, 3.8) is 0 Å². The molecule has 5 rings (SSSR count). The van der Waals surface area contributed by atoms with Crippen LogP contribution in [-0.2, 0) is 24.3 Å². The zero-order chi connectivity index (χ0) is 27.0. The number of halogens is 1. The summed E-state index contributed by atoms with van der Waals surface area (Å²) in [5, 5.41) is 22.2. The van der Waals surface area contributed by atoms with E-state index in [0.29, 0.717) is 24.4 Å². The van der Waals surface area contributed by atoms with Crippen LogP contribution in [0.25, 0.3) is 11.2 Å². The first kappa shape index (κ1) is 25.6.